The van der Waals surface area contributed by atoms with Gasteiger partial charge in [-0.05, 0) is 51.8 Å². The summed E-state index contributed by atoms with van der Waals surface area (Å²) in [6.07, 6.45) is 6.84. The summed E-state index contributed by atoms with van der Waals surface area (Å²) in [6, 6.07) is 14.4. The maximum absolute atomic E-state index is 10.9. The molecule has 0 aliphatic heterocycles. The van der Waals surface area contributed by atoms with Crippen molar-refractivity contribution in [1.29, 1.82) is 0 Å². The highest BCUT2D eigenvalue weighted by Gasteiger charge is 2.18. The topological polar surface area (TPSA) is 129 Å². The Balaban J connectivity index is 1.49. The normalized spacial score (nSPS) is 11.0. The molecule has 0 aliphatic rings. The van der Waals surface area contributed by atoms with E-state index in [1.54, 1.807) is 49.1 Å². The Hall–Kier alpha value is -4.31. The van der Waals surface area contributed by atoms with Crippen LogP contribution in [0.3, 0.4) is 0 Å². The molecule has 5 rings (SSSR count). The molecule has 0 fully saturated rings. The Morgan fingerprint density at radius 2 is 1.88 bits per heavy atom. The van der Waals surface area contributed by atoms with Crippen LogP contribution in [-0.2, 0) is 11.2 Å². The summed E-state index contributed by atoms with van der Waals surface area (Å²) in [6.45, 7) is 0. The molecule has 0 aliphatic carbocycles. The third kappa shape index (κ3) is 4.18. The number of hydrogen-bond acceptors (Lipinski definition) is 7. The molecule has 0 saturated heterocycles. The van der Waals surface area contributed by atoms with E-state index in [2.05, 4.69) is 36.0 Å². The number of nitrogen functional groups attached to an aromatic ring is 1. The Morgan fingerprint density at radius 1 is 1.06 bits per heavy atom. The van der Waals surface area contributed by atoms with Crippen molar-refractivity contribution in [3.8, 4) is 34.0 Å². The molecule has 0 bridgehead atoms. The zero-order chi connectivity index (χ0) is 23.7. The molecule has 0 unspecified atom stereocenters. The van der Waals surface area contributed by atoms with Crippen LogP contribution < -0.4 is 10.5 Å². The maximum Gasteiger partial charge on any atom is 0.307 e. The number of pyridine rings is 2. The molecule has 0 atom stereocenters. The van der Waals surface area contributed by atoms with Gasteiger partial charge in [0.1, 0.15) is 16.0 Å². The first-order valence-corrected chi connectivity index (χ1v) is 11.0. The number of carbonyl (C=O) groups is 1. The van der Waals surface area contributed by atoms with E-state index < -0.39 is 5.97 Å². The van der Waals surface area contributed by atoms with Crippen molar-refractivity contribution in [1.82, 2.24) is 24.6 Å². The Morgan fingerprint density at radius 3 is 2.56 bits per heavy atom. The molecule has 3 N–H and O–H groups in total. The summed E-state index contributed by atoms with van der Waals surface area (Å²) < 4.78 is 7.92. The van der Waals surface area contributed by atoms with Crippen LogP contribution in [-0.4, -0.2) is 35.6 Å². The van der Waals surface area contributed by atoms with Crippen LogP contribution in [0.5, 0.6) is 11.6 Å². The van der Waals surface area contributed by atoms with Crippen molar-refractivity contribution in [2.45, 2.75) is 6.42 Å². The number of aromatic nitrogens is 5. The molecule has 1 aromatic carbocycles. The van der Waals surface area contributed by atoms with E-state index in [0.717, 1.165) is 22.4 Å². The van der Waals surface area contributed by atoms with Crippen molar-refractivity contribution >= 4 is 33.4 Å². The largest absolute Gasteiger partial charge is 0.481 e. The van der Waals surface area contributed by atoms with Gasteiger partial charge in [-0.1, -0.05) is 18.2 Å². The molecule has 0 saturated carbocycles. The SMILES string of the molecule is Nc1c(Br)c(Oc2ccc(CC(=O)O)cc2)nc2c(-c3ccc(-c4cccnc4)nc3)cnn12. The van der Waals surface area contributed by atoms with Gasteiger partial charge in [0.2, 0.25) is 5.88 Å². The number of nitrogens with zero attached hydrogens (tertiary/aromatic N) is 5. The average Bonchev–Trinajstić information content (AvgIpc) is 3.28. The Kier molecular flexibility index (Phi) is 5.64. The lowest BCUT2D eigenvalue weighted by molar-refractivity contribution is -0.136. The first-order chi connectivity index (χ1) is 16.5. The smallest absolute Gasteiger partial charge is 0.307 e. The lowest BCUT2D eigenvalue weighted by Crippen LogP contribution is -2.04. The van der Waals surface area contributed by atoms with Crippen molar-refractivity contribution in [2.75, 3.05) is 5.73 Å². The molecule has 168 valence electrons. The molecular weight excluding hydrogens is 500 g/mol. The van der Waals surface area contributed by atoms with Crippen molar-refractivity contribution in [2.24, 2.45) is 0 Å². The van der Waals surface area contributed by atoms with E-state index in [-0.39, 0.29) is 12.3 Å². The van der Waals surface area contributed by atoms with Crippen molar-refractivity contribution in [3.63, 3.8) is 0 Å². The minimum absolute atomic E-state index is 0.0616. The minimum Gasteiger partial charge on any atom is -0.481 e. The number of anilines is 1. The van der Waals surface area contributed by atoms with Crippen molar-refractivity contribution < 1.29 is 14.6 Å². The predicted molar refractivity (Wildman–Crippen MR) is 129 cm³/mol. The Bertz CT molecular complexity index is 1490. The molecule has 0 spiro atoms. The Labute approximate surface area is 202 Å². The lowest BCUT2D eigenvalue weighted by atomic mass is 10.1. The number of rotatable bonds is 6. The third-order valence-corrected chi connectivity index (χ3v) is 5.86. The summed E-state index contributed by atoms with van der Waals surface area (Å²) in [5, 5.41) is 13.3. The molecule has 0 radical (unpaired) electrons. The minimum atomic E-state index is -0.896. The molecule has 34 heavy (non-hydrogen) atoms. The van der Waals surface area contributed by atoms with Crippen LogP contribution in [0.2, 0.25) is 0 Å². The summed E-state index contributed by atoms with van der Waals surface area (Å²) in [5.41, 5.74) is 10.8. The number of halogens is 1. The number of fused-ring (bicyclic) bond motifs is 1. The van der Waals surface area contributed by atoms with Gasteiger partial charge in [0.15, 0.2) is 5.65 Å². The number of hydrogen-bond donors (Lipinski definition) is 2. The summed E-state index contributed by atoms with van der Waals surface area (Å²) in [4.78, 5) is 24.2. The third-order valence-electron chi connectivity index (χ3n) is 5.12. The molecule has 10 heteroatoms. The first kappa shape index (κ1) is 21.5. The van der Waals surface area contributed by atoms with Gasteiger partial charge in [-0.3, -0.25) is 14.8 Å². The predicted octanol–water partition coefficient (Wildman–Crippen LogP) is 4.62. The van der Waals surface area contributed by atoms with E-state index in [9.17, 15) is 4.79 Å². The van der Waals surface area contributed by atoms with Gasteiger partial charge in [0, 0.05) is 35.3 Å². The van der Waals surface area contributed by atoms with E-state index in [4.69, 9.17) is 15.6 Å². The highest BCUT2D eigenvalue weighted by molar-refractivity contribution is 9.10. The second-order valence-corrected chi connectivity index (χ2v) is 8.19. The molecule has 4 aromatic heterocycles. The van der Waals surface area contributed by atoms with E-state index in [1.165, 1.54) is 4.52 Å². The van der Waals surface area contributed by atoms with Crippen LogP contribution in [0.25, 0.3) is 28.0 Å². The van der Waals surface area contributed by atoms with E-state index >= 15 is 0 Å². The molecular formula is C24H17BrN6O3. The zero-order valence-electron chi connectivity index (χ0n) is 17.6. The van der Waals surface area contributed by atoms with Crippen LogP contribution in [0.4, 0.5) is 5.82 Å². The fraction of sp³-hybridized carbons (Fsp3) is 0.0417. The first-order valence-electron chi connectivity index (χ1n) is 10.2. The van der Waals surface area contributed by atoms with Crippen LogP contribution in [0.1, 0.15) is 5.56 Å². The zero-order valence-corrected chi connectivity index (χ0v) is 19.2. The number of nitrogens with two attached hydrogens (primary N) is 1. The van der Waals surface area contributed by atoms with Crippen LogP contribution in [0.15, 0.2) is 77.8 Å². The average molecular weight is 517 g/mol. The van der Waals surface area contributed by atoms with Gasteiger partial charge in [-0.25, -0.2) is 0 Å². The van der Waals surface area contributed by atoms with Gasteiger partial charge in [-0.2, -0.15) is 14.6 Å². The second kappa shape index (κ2) is 8.91. The highest BCUT2D eigenvalue weighted by atomic mass is 79.9. The summed E-state index contributed by atoms with van der Waals surface area (Å²) >= 11 is 3.44. The van der Waals surface area contributed by atoms with E-state index in [1.807, 2.05) is 24.3 Å². The fourth-order valence-electron chi connectivity index (χ4n) is 3.44. The van der Waals surface area contributed by atoms with Gasteiger partial charge >= 0.3 is 5.97 Å². The second-order valence-electron chi connectivity index (χ2n) is 7.40. The molecule has 0 amide bonds. The number of carboxylic acids is 1. The summed E-state index contributed by atoms with van der Waals surface area (Å²) in [7, 11) is 0. The van der Waals surface area contributed by atoms with Crippen LogP contribution in [0, 0.1) is 0 Å². The number of aliphatic carboxylic acids is 1. The van der Waals surface area contributed by atoms with Gasteiger partial charge in [-0.15, -0.1) is 0 Å². The molecule has 9 nitrogen and oxygen atoms in total. The lowest BCUT2D eigenvalue weighted by Gasteiger charge is -2.11. The number of benzene rings is 1. The highest BCUT2D eigenvalue weighted by Crippen LogP contribution is 2.36. The van der Waals surface area contributed by atoms with Crippen LogP contribution >= 0.6 is 15.9 Å². The van der Waals surface area contributed by atoms with Gasteiger partial charge in [0.25, 0.3) is 0 Å². The maximum atomic E-state index is 10.9. The quantitative estimate of drug-likeness (QED) is 0.334. The van der Waals surface area contributed by atoms with Crippen molar-refractivity contribution in [3.05, 3.63) is 83.4 Å². The van der Waals surface area contributed by atoms with Gasteiger partial charge < -0.3 is 15.6 Å². The molecule has 5 aromatic rings. The standard InChI is InChI=1S/C24H17BrN6O3/c25-21-22(26)31-23(30-24(21)34-17-6-3-14(4-7-17)10-20(32)33)18(13-29-31)15-5-8-19(28-12-15)16-2-1-9-27-11-16/h1-9,11-13H,10,26H2,(H,32,33). The van der Waals surface area contributed by atoms with Gasteiger partial charge in [0.05, 0.1) is 18.3 Å². The molecule has 4 heterocycles. The number of ether oxygens (including phenoxy) is 1. The summed E-state index contributed by atoms with van der Waals surface area (Å²) in [5.74, 6) is 0.188. The monoisotopic (exact) mass is 516 g/mol. The number of carboxylic acid groups (broad SMARTS) is 1. The van der Waals surface area contributed by atoms with E-state index in [0.29, 0.717) is 27.3 Å². The fourth-order valence-corrected chi connectivity index (χ4v) is 3.78.